The summed E-state index contributed by atoms with van der Waals surface area (Å²) in [6.07, 6.45) is 0.851. The van der Waals surface area contributed by atoms with Crippen LogP contribution in [-0.4, -0.2) is 0 Å². The van der Waals surface area contributed by atoms with Crippen LogP contribution < -0.4 is 5.73 Å². The predicted molar refractivity (Wildman–Crippen MR) is 74.1 cm³/mol. The lowest BCUT2D eigenvalue weighted by molar-refractivity contribution is 0.470. The van der Waals surface area contributed by atoms with E-state index in [9.17, 15) is 0 Å². The first-order valence-electron chi connectivity index (χ1n) is 5.43. The van der Waals surface area contributed by atoms with E-state index >= 15 is 0 Å². The van der Waals surface area contributed by atoms with Crippen molar-refractivity contribution in [1.82, 2.24) is 0 Å². The van der Waals surface area contributed by atoms with Gasteiger partial charge in [-0.15, -0.1) is 0 Å². The van der Waals surface area contributed by atoms with Crippen LogP contribution in [0.5, 0.6) is 0 Å². The first kappa shape index (κ1) is 12.7. The van der Waals surface area contributed by atoms with Gasteiger partial charge < -0.3 is 10.2 Å². The van der Waals surface area contributed by atoms with Gasteiger partial charge in [-0.25, -0.2) is 0 Å². The largest absolute Gasteiger partial charge is 0.459 e. The van der Waals surface area contributed by atoms with E-state index in [2.05, 4.69) is 15.9 Å². The molecule has 1 unspecified atom stereocenters. The van der Waals surface area contributed by atoms with Gasteiger partial charge in [0.1, 0.15) is 11.5 Å². The van der Waals surface area contributed by atoms with Gasteiger partial charge in [-0.1, -0.05) is 24.6 Å². The Kier molecular flexibility index (Phi) is 3.92. The Balaban J connectivity index is 2.40. The van der Waals surface area contributed by atoms with Gasteiger partial charge in [-0.05, 0) is 46.6 Å². The van der Waals surface area contributed by atoms with Gasteiger partial charge in [0.15, 0.2) is 0 Å². The number of hydrogen-bond acceptors (Lipinski definition) is 2. The van der Waals surface area contributed by atoms with E-state index in [1.54, 1.807) is 0 Å². The van der Waals surface area contributed by atoms with Crippen molar-refractivity contribution >= 4 is 27.5 Å². The highest BCUT2D eigenvalue weighted by molar-refractivity contribution is 9.10. The fourth-order valence-electron chi connectivity index (χ4n) is 1.59. The van der Waals surface area contributed by atoms with Crippen LogP contribution >= 0.6 is 27.5 Å². The molecule has 4 heteroatoms. The van der Waals surface area contributed by atoms with Crippen molar-refractivity contribution in [1.29, 1.82) is 0 Å². The fourth-order valence-corrected chi connectivity index (χ4v) is 2.23. The maximum atomic E-state index is 6.05. The molecule has 0 saturated carbocycles. The lowest BCUT2D eigenvalue weighted by atomic mass is 10.2. The first-order chi connectivity index (χ1) is 8.13. The summed E-state index contributed by atoms with van der Waals surface area (Å²) in [7, 11) is 0. The molecule has 0 spiro atoms. The Morgan fingerprint density at radius 1 is 1.35 bits per heavy atom. The molecule has 0 saturated heterocycles. The minimum absolute atomic E-state index is 0.0540. The summed E-state index contributed by atoms with van der Waals surface area (Å²) >= 11 is 9.50. The van der Waals surface area contributed by atoms with Crippen molar-refractivity contribution in [2.24, 2.45) is 5.73 Å². The van der Waals surface area contributed by atoms with Crippen LogP contribution in [0.1, 0.15) is 25.1 Å². The van der Waals surface area contributed by atoms with Gasteiger partial charge in [0.2, 0.25) is 0 Å². The van der Waals surface area contributed by atoms with Crippen LogP contribution in [0.4, 0.5) is 0 Å². The van der Waals surface area contributed by atoms with Crippen molar-refractivity contribution in [3.05, 3.63) is 45.6 Å². The molecule has 1 heterocycles. The zero-order chi connectivity index (χ0) is 12.4. The summed E-state index contributed by atoms with van der Waals surface area (Å²) in [5.74, 6) is 1.58. The second-order valence-electron chi connectivity index (χ2n) is 3.82. The quantitative estimate of drug-likeness (QED) is 0.886. The lowest BCUT2D eigenvalue weighted by Gasteiger charge is -2.05. The Labute approximate surface area is 114 Å². The number of hydrogen-bond donors (Lipinski definition) is 1. The van der Waals surface area contributed by atoms with E-state index in [1.165, 1.54) is 0 Å². The van der Waals surface area contributed by atoms with Gasteiger partial charge in [-0.3, -0.25) is 0 Å². The van der Waals surface area contributed by atoms with Crippen molar-refractivity contribution in [3.8, 4) is 11.3 Å². The van der Waals surface area contributed by atoms with E-state index in [4.69, 9.17) is 21.8 Å². The van der Waals surface area contributed by atoms with Gasteiger partial charge in [0.05, 0.1) is 11.1 Å². The van der Waals surface area contributed by atoms with Crippen molar-refractivity contribution in [2.45, 2.75) is 19.4 Å². The van der Waals surface area contributed by atoms with Crippen LogP contribution in [0, 0.1) is 0 Å². The number of rotatable bonds is 3. The van der Waals surface area contributed by atoms with Crippen molar-refractivity contribution in [2.75, 3.05) is 0 Å². The van der Waals surface area contributed by atoms with E-state index in [1.807, 2.05) is 37.3 Å². The molecule has 2 aromatic rings. The zero-order valence-corrected chi connectivity index (χ0v) is 11.8. The van der Waals surface area contributed by atoms with Gasteiger partial charge in [-0.2, -0.15) is 0 Å². The van der Waals surface area contributed by atoms with E-state index in [0.29, 0.717) is 5.02 Å². The normalized spacial score (nSPS) is 12.7. The maximum Gasteiger partial charge on any atom is 0.135 e. The summed E-state index contributed by atoms with van der Waals surface area (Å²) in [5, 5.41) is 0.667. The standard InChI is InChI=1S/C13H13BrClNO/c1-2-10(16)12-7-6-11(17-12)8-4-3-5-9(15)13(8)14/h3-7,10H,2,16H2,1H3. The average Bonchev–Trinajstić information content (AvgIpc) is 2.81. The van der Waals surface area contributed by atoms with E-state index in [0.717, 1.165) is 28.0 Å². The second-order valence-corrected chi connectivity index (χ2v) is 5.02. The Morgan fingerprint density at radius 3 is 2.82 bits per heavy atom. The zero-order valence-electron chi connectivity index (χ0n) is 9.41. The minimum Gasteiger partial charge on any atom is -0.459 e. The molecule has 0 aliphatic carbocycles. The molecule has 0 aliphatic rings. The van der Waals surface area contributed by atoms with Crippen LogP contribution in [0.15, 0.2) is 39.2 Å². The third-order valence-electron chi connectivity index (χ3n) is 2.65. The SMILES string of the molecule is CCC(N)c1ccc(-c2cccc(Cl)c2Br)o1. The highest BCUT2D eigenvalue weighted by atomic mass is 79.9. The van der Waals surface area contributed by atoms with Crippen LogP contribution in [0.25, 0.3) is 11.3 Å². The molecule has 2 N–H and O–H groups in total. The molecule has 0 bridgehead atoms. The summed E-state index contributed by atoms with van der Waals surface area (Å²) in [6, 6.07) is 9.46. The topological polar surface area (TPSA) is 39.2 Å². The Hall–Kier alpha value is -0.770. The fraction of sp³-hybridized carbons (Fsp3) is 0.231. The molecule has 1 aromatic carbocycles. The third kappa shape index (κ3) is 2.57. The molecule has 1 atom stereocenters. The highest BCUT2D eigenvalue weighted by Crippen LogP contribution is 2.35. The van der Waals surface area contributed by atoms with E-state index < -0.39 is 0 Å². The number of halogens is 2. The van der Waals surface area contributed by atoms with Crippen LogP contribution in [-0.2, 0) is 0 Å². The van der Waals surface area contributed by atoms with Gasteiger partial charge in [0.25, 0.3) is 0 Å². The monoisotopic (exact) mass is 313 g/mol. The molecular weight excluding hydrogens is 302 g/mol. The average molecular weight is 315 g/mol. The molecule has 1 aromatic heterocycles. The van der Waals surface area contributed by atoms with Crippen molar-refractivity contribution in [3.63, 3.8) is 0 Å². The molecule has 90 valence electrons. The van der Waals surface area contributed by atoms with Gasteiger partial charge >= 0.3 is 0 Å². The third-order valence-corrected chi connectivity index (χ3v) is 4.05. The van der Waals surface area contributed by atoms with Crippen LogP contribution in [0.2, 0.25) is 5.02 Å². The first-order valence-corrected chi connectivity index (χ1v) is 6.60. The molecule has 0 fully saturated rings. The molecular formula is C13H13BrClNO. The highest BCUT2D eigenvalue weighted by Gasteiger charge is 2.13. The number of benzene rings is 1. The molecule has 2 nitrogen and oxygen atoms in total. The summed E-state index contributed by atoms with van der Waals surface area (Å²) in [6.45, 7) is 2.03. The van der Waals surface area contributed by atoms with Gasteiger partial charge in [0, 0.05) is 10.0 Å². The smallest absolute Gasteiger partial charge is 0.135 e. The summed E-state index contributed by atoms with van der Waals surface area (Å²) in [4.78, 5) is 0. The minimum atomic E-state index is -0.0540. The summed E-state index contributed by atoms with van der Waals surface area (Å²) in [5.41, 5.74) is 6.86. The summed E-state index contributed by atoms with van der Waals surface area (Å²) < 4.78 is 6.58. The van der Waals surface area contributed by atoms with Crippen LogP contribution in [0.3, 0.4) is 0 Å². The molecule has 0 amide bonds. The Morgan fingerprint density at radius 2 is 2.12 bits per heavy atom. The lowest BCUT2D eigenvalue weighted by Crippen LogP contribution is -2.06. The number of furan rings is 1. The molecule has 0 aliphatic heterocycles. The van der Waals surface area contributed by atoms with Crippen molar-refractivity contribution < 1.29 is 4.42 Å². The molecule has 0 radical (unpaired) electrons. The Bertz CT molecular complexity index is 524. The molecule has 17 heavy (non-hydrogen) atoms. The maximum absolute atomic E-state index is 6.05. The number of nitrogens with two attached hydrogens (primary N) is 1. The van der Waals surface area contributed by atoms with E-state index in [-0.39, 0.29) is 6.04 Å². The molecule has 2 rings (SSSR count). The predicted octanol–water partition coefficient (Wildman–Crippen LogP) is 4.77. The second kappa shape index (κ2) is 5.25.